The summed E-state index contributed by atoms with van der Waals surface area (Å²) in [6.45, 7) is 3.43. The van der Waals surface area contributed by atoms with E-state index in [1.807, 2.05) is 34.8 Å². The summed E-state index contributed by atoms with van der Waals surface area (Å²) in [6.07, 6.45) is 4.59. The molecule has 130 valence electrons. The van der Waals surface area contributed by atoms with Gasteiger partial charge in [0.15, 0.2) is 0 Å². The number of nitrogens with one attached hydrogen (secondary N) is 1. The van der Waals surface area contributed by atoms with Gasteiger partial charge in [-0.25, -0.2) is 0 Å². The highest BCUT2D eigenvalue weighted by Gasteiger charge is 2.31. The van der Waals surface area contributed by atoms with Gasteiger partial charge in [-0.3, -0.25) is 4.68 Å². The fourth-order valence-electron chi connectivity index (χ4n) is 2.96. The Hall–Kier alpha value is -1.50. The van der Waals surface area contributed by atoms with Crippen LogP contribution in [0.25, 0.3) is 0 Å². The second-order valence-electron chi connectivity index (χ2n) is 6.40. The summed E-state index contributed by atoms with van der Waals surface area (Å²) in [4.78, 5) is 0. The molecule has 1 aliphatic rings. The van der Waals surface area contributed by atoms with Crippen molar-refractivity contribution in [3.63, 3.8) is 0 Å². The zero-order valence-electron chi connectivity index (χ0n) is 14.2. The van der Waals surface area contributed by atoms with Gasteiger partial charge in [0.25, 0.3) is 0 Å². The molecular weight excluding hydrogens is 322 g/mol. The quantitative estimate of drug-likeness (QED) is 0.806. The Labute approximate surface area is 147 Å². The molecule has 2 N–H and O–H groups in total. The Morgan fingerprint density at radius 3 is 3.04 bits per heavy atom. The first-order chi connectivity index (χ1) is 11.6. The molecule has 0 bridgehead atoms. The highest BCUT2D eigenvalue weighted by atomic mass is 32.2. The Morgan fingerprint density at radius 1 is 1.50 bits per heavy atom. The number of nitrogens with zero attached hydrogens (tertiary/aromatic N) is 2. The molecule has 0 aliphatic carbocycles. The van der Waals surface area contributed by atoms with Crippen molar-refractivity contribution < 1.29 is 9.84 Å². The van der Waals surface area contributed by atoms with E-state index < -0.39 is 5.60 Å². The van der Waals surface area contributed by atoms with Crippen molar-refractivity contribution in [3.8, 4) is 5.75 Å². The number of aliphatic hydroxyl groups is 1. The molecule has 6 heteroatoms. The molecule has 1 aromatic heterocycles. The number of ether oxygens (including phenoxy) is 1. The molecule has 2 aromatic rings. The van der Waals surface area contributed by atoms with Crippen LogP contribution in [0.4, 0.5) is 0 Å². The molecule has 0 unspecified atom stereocenters. The zero-order chi connectivity index (χ0) is 17.0. The van der Waals surface area contributed by atoms with Crippen LogP contribution in [-0.2, 0) is 6.54 Å². The Morgan fingerprint density at radius 2 is 2.38 bits per heavy atom. The third-order valence-corrected chi connectivity index (χ3v) is 5.75. The molecule has 24 heavy (non-hydrogen) atoms. The summed E-state index contributed by atoms with van der Waals surface area (Å²) in [7, 11) is 1.69. The van der Waals surface area contributed by atoms with Crippen LogP contribution < -0.4 is 10.1 Å². The maximum atomic E-state index is 10.5. The molecule has 2 atom stereocenters. The second-order valence-corrected chi connectivity index (χ2v) is 7.51. The predicted octanol–water partition coefficient (Wildman–Crippen LogP) is 2.46. The molecule has 5 nitrogen and oxygen atoms in total. The monoisotopic (exact) mass is 347 g/mol. The van der Waals surface area contributed by atoms with Gasteiger partial charge in [-0.15, -0.1) is 0 Å². The first-order valence-electron chi connectivity index (χ1n) is 8.27. The van der Waals surface area contributed by atoms with Crippen LogP contribution in [0.1, 0.15) is 30.5 Å². The number of thioether (sulfide) groups is 1. The number of hydrogen-bond donors (Lipinski definition) is 2. The summed E-state index contributed by atoms with van der Waals surface area (Å²) in [5, 5.41) is 18.2. The summed E-state index contributed by atoms with van der Waals surface area (Å²) in [5.74, 6) is 2.73. The number of aromatic nitrogens is 2. The average Bonchev–Trinajstić information content (AvgIpc) is 3.25. The van der Waals surface area contributed by atoms with E-state index in [1.165, 1.54) is 5.56 Å². The molecule has 3 rings (SSSR count). The Kier molecular flexibility index (Phi) is 5.48. The van der Waals surface area contributed by atoms with E-state index in [1.54, 1.807) is 13.3 Å². The summed E-state index contributed by atoms with van der Waals surface area (Å²) in [6, 6.07) is 8.33. The van der Waals surface area contributed by atoms with E-state index in [-0.39, 0.29) is 6.04 Å². The zero-order valence-corrected chi connectivity index (χ0v) is 15.1. The van der Waals surface area contributed by atoms with Gasteiger partial charge in [0.1, 0.15) is 5.75 Å². The van der Waals surface area contributed by atoms with Crippen molar-refractivity contribution >= 4 is 11.8 Å². The standard InChI is InChI=1S/C18H25N3O2S/c1-14(19-12-18(22)6-9-24-13-18)15-4-5-17(23-2)16(10-15)11-21-8-3-7-20-21/h3-5,7-8,10,14,19,22H,6,9,11-13H2,1-2H3/t14-,18+/m0/s1. The molecular formula is C18H25N3O2S. The van der Waals surface area contributed by atoms with Gasteiger partial charge < -0.3 is 15.2 Å². The van der Waals surface area contributed by atoms with E-state index in [9.17, 15) is 5.11 Å². The molecule has 0 radical (unpaired) electrons. The SMILES string of the molecule is COc1ccc([C@H](C)NC[C@]2(O)CCSC2)cc1Cn1cccn1. The van der Waals surface area contributed by atoms with Gasteiger partial charge in [0.05, 0.1) is 19.3 Å². The predicted molar refractivity (Wildman–Crippen MR) is 97.6 cm³/mol. The number of rotatable bonds is 7. The minimum absolute atomic E-state index is 0.168. The van der Waals surface area contributed by atoms with E-state index in [4.69, 9.17) is 4.74 Å². The summed E-state index contributed by atoms with van der Waals surface area (Å²) < 4.78 is 7.37. The third-order valence-electron chi connectivity index (χ3n) is 4.52. The van der Waals surface area contributed by atoms with E-state index in [2.05, 4.69) is 29.5 Å². The van der Waals surface area contributed by atoms with Crippen LogP contribution in [-0.4, -0.2) is 45.6 Å². The van der Waals surface area contributed by atoms with Gasteiger partial charge in [-0.1, -0.05) is 6.07 Å². The molecule has 0 saturated carbocycles. The summed E-state index contributed by atoms with van der Waals surface area (Å²) >= 11 is 1.82. The van der Waals surface area contributed by atoms with Crippen molar-refractivity contribution in [2.45, 2.75) is 31.5 Å². The van der Waals surface area contributed by atoms with Crippen LogP contribution in [0.15, 0.2) is 36.7 Å². The smallest absolute Gasteiger partial charge is 0.123 e. The molecule has 1 aliphatic heterocycles. The van der Waals surface area contributed by atoms with Crippen LogP contribution in [0.2, 0.25) is 0 Å². The number of methoxy groups -OCH3 is 1. The lowest BCUT2D eigenvalue weighted by Crippen LogP contribution is -2.41. The maximum Gasteiger partial charge on any atom is 0.123 e. The molecule has 0 spiro atoms. The van der Waals surface area contributed by atoms with Crippen LogP contribution >= 0.6 is 11.8 Å². The fraction of sp³-hybridized carbons (Fsp3) is 0.500. The lowest BCUT2D eigenvalue weighted by molar-refractivity contribution is 0.0651. The van der Waals surface area contributed by atoms with Crippen LogP contribution in [0, 0.1) is 0 Å². The molecule has 1 fully saturated rings. The highest BCUT2D eigenvalue weighted by molar-refractivity contribution is 7.99. The minimum atomic E-state index is -0.566. The Bertz CT molecular complexity index is 654. The topological polar surface area (TPSA) is 59.3 Å². The van der Waals surface area contributed by atoms with Gasteiger partial charge in [0, 0.05) is 36.3 Å². The van der Waals surface area contributed by atoms with E-state index in [0.717, 1.165) is 29.2 Å². The number of hydrogen-bond acceptors (Lipinski definition) is 5. The molecule has 2 heterocycles. The summed E-state index contributed by atoms with van der Waals surface area (Å²) in [5.41, 5.74) is 1.72. The molecule has 1 saturated heterocycles. The van der Waals surface area contributed by atoms with E-state index in [0.29, 0.717) is 13.1 Å². The molecule has 0 amide bonds. The second kappa shape index (κ2) is 7.59. The lowest BCUT2D eigenvalue weighted by Gasteiger charge is -2.25. The highest BCUT2D eigenvalue weighted by Crippen LogP contribution is 2.28. The van der Waals surface area contributed by atoms with Gasteiger partial charge in [0.2, 0.25) is 0 Å². The normalized spacial score (nSPS) is 21.8. The van der Waals surface area contributed by atoms with Crippen molar-refractivity contribution in [3.05, 3.63) is 47.8 Å². The third kappa shape index (κ3) is 4.12. The maximum absolute atomic E-state index is 10.5. The number of benzene rings is 1. The van der Waals surface area contributed by atoms with Crippen molar-refractivity contribution in [2.24, 2.45) is 0 Å². The minimum Gasteiger partial charge on any atom is -0.496 e. The lowest BCUT2D eigenvalue weighted by atomic mass is 10.0. The van der Waals surface area contributed by atoms with Crippen molar-refractivity contribution in [2.75, 3.05) is 25.2 Å². The van der Waals surface area contributed by atoms with Crippen LogP contribution in [0.5, 0.6) is 5.75 Å². The largest absolute Gasteiger partial charge is 0.496 e. The van der Waals surface area contributed by atoms with Crippen molar-refractivity contribution in [1.29, 1.82) is 0 Å². The van der Waals surface area contributed by atoms with Gasteiger partial charge in [-0.05, 0) is 42.9 Å². The van der Waals surface area contributed by atoms with Gasteiger partial charge >= 0.3 is 0 Å². The Balaban J connectivity index is 1.70. The average molecular weight is 347 g/mol. The fourth-order valence-corrected chi connectivity index (χ4v) is 4.25. The molecule has 1 aromatic carbocycles. The van der Waals surface area contributed by atoms with Crippen molar-refractivity contribution in [1.82, 2.24) is 15.1 Å². The first-order valence-corrected chi connectivity index (χ1v) is 9.43. The van der Waals surface area contributed by atoms with Crippen LogP contribution in [0.3, 0.4) is 0 Å². The first kappa shape index (κ1) is 17.3. The van der Waals surface area contributed by atoms with Gasteiger partial charge in [-0.2, -0.15) is 16.9 Å². The van der Waals surface area contributed by atoms with E-state index >= 15 is 0 Å².